The average Bonchev–Trinajstić information content (AvgIpc) is 3.19. The molecule has 0 atom stereocenters. The van der Waals surface area contributed by atoms with Crippen LogP contribution in [0.15, 0.2) is 47.8 Å². The van der Waals surface area contributed by atoms with E-state index in [2.05, 4.69) is 5.32 Å². The Kier molecular flexibility index (Phi) is 7.89. The second-order valence-electron chi connectivity index (χ2n) is 7.11. The molecule has 2 aromatic carbocycles. The minimum absolute atomic E-state index is 0.187. The number of hydrogen-bond acceptors (Lipinski definition) is 6. The van der Waals surface area contributed by atoms with Gasteiger partial charge in [0.15, 0.2) is 6.61 Å². The summed E-state index contributed by atoms with van der Waals surface area (Å²) >= 11 is 1.29. The Balaban J connectivity index is 1.76. The van der Waals surface area contributed by atoms with Gasteiger partial charge in [0.1, 0.15) is 22.1 Å². The van der Waals surface area contributed by atoms with Crippen molar-refractivity contribution in [2.24, 2.45) is 0 Å². The van der Waals surface area contributed by atoms with E-state index in [9.17, 15) is 9.59 Å². The third kappa shape index (κ3) is 5.68. The third-order valence-electron chi connectivity index (χ3n) is 4.85. The Morgan fingerprint density at radius 2 is 1.59 bits per heavy atom. The first kappa shape index (κ1) is 23.3. The highest BCUT2D eigenvalue weighted by atomic mass is 32.1. The Labute approximate surface area is 192 Å². The van der Waals surface area contributed by atoms with Gasteiger partial charge in [-0.15, -0.1) is 11.3 Å². The molecule has 1 amide bonds. The van der Waals surface area contributed by atoms with Crippen molar-refractivity contribution >= 4 is 28.2 Å². The van der Waals surface area contributed by atoms with Gasteiger partial charge in [-0.2, -0.15) is 0 Å². The summed E-state index contributed by atoms with van der Waals surface area (Å²) in [6.07, 6.45) is 0. The van der Waals surface area contributed by atoms with Crippen molar-refractivity contribution < 1.29 is 23.8 Å². The van der Waals surface area contributed by atoms with E-state index < -0.39 is 5.97 Å². The molecule has 32 heavy (non-hydrogen) atoms. The molecule has 0 unspecified atom stereocenters. The van der Waals surface area contributed by atoms with E-state index in [1.807, 2.05) is 44.4 Å². The lowest BCUT2D eigenvalue weighted by molar-refractivity contribution is -0.118. The number of thiophene rings is 1. The second-order valence-corrected chi connectivity index (χ2v) is 7.99. The van der Waals surface area contributed by atoms with Crippen LogP contribution >= 0.6 is 11.3 Å². The maximum absolute atomic E-state index is 12.7. The summed E-state index contributed by atoms with van der Waals surface area (Å²) < 4.78 is 16.2. The molecule has 0 radical (unpaired) electrons. The molecule has 0 fully saturated rings. The van der Waals surface area contributed by atoms with E-state index in [1.165, 1.54) is 16.9 Å². The lowest BCUT2D eigenvalue weighted by atomic mass is 9.99. The van der Waals surface area contributed by atoms with Gasteiger partial charge in [-0.05, 0) is 68.7 Å². The number of carbonyl (C=O) groups excluding carboxylic acids is 2. The first-order valence-electron chi connectivity index (χ1n) is 10.4. The summed E-state index contributed by atoms with van der Waals surface area (Å²) in [6.45, 7) is 8.36. The molecule has 1 heterocycles. The van der Waals surface area contributed by atoms with Gasteiger partial charge in [-0.1, -0.05) is 18.2 Å². The maximum Gasteiger partial charge on any atom is 0.341 e. The predicted octanol–water partition coefficient (Wildman–Crippen LogP) is 5.62. The molecular formula is C25H27NO5S. The van der Waals surface area contributed by atoms with Crippen LogP contribution in [0, 0.1) is 13.8 Å². The van der Waals surface area contributed by atoms with Crippen molar-refractivity contribution in [3.05, 3.63) is 64.5 Å². The first-order chi connectivity index (χ1) is 15.4. The van der Waals surface area contributed by atoms with E-state index in [0.717, 1.165) is 22.4 Å². The number of aryl methyl sites for hydroxylation is 2. The van der Waals surface area contributed by atoms with Crippen LogP contribution in [-0.2, 0) is 9.53 Å². The van der Waals surface area contributed by atoms with Crippen LogP contribution < -0.4 is 14.8 Å². The Morgan fingerprint density at radius 3 is 2.22 bits per heavy atom. The number of hydrogen-bond donors (Lipinski definition) is 1. The van der Waals surface area contributed by atoms with Crippen LogP contribution in [0.4, 0.5) is 5.00 Å². The fraction of sp³-hybridized carbons (Fsp3) is 0.280. The standard InChI is InChI=1S/C25H27NO5S/c1-5-29-19-9-11-20(12-10-19)31-14-22(27)26-24-23(25(28)30-6-2)21(15-32-24)18-8-7-16(3)17(4)13-18/h7-13,15H,5-6,14H2,1-4H3,(H,26,27). The van der Waals surface area contributed by atoms with Crippen molar-refractivity contribution in [3.63, 3.8) is 0 Å². The molecule has 168 valence electrons. The zero-order valence-corrected chi connectivity index (χ0v) is 19.5. The molecule has 1 N–H and O–H groups in total. The quantitative estimate of drug-likeness (QED) is 0.425. The molecule has 0 spiro atoms. The topological polar surface area (TPSA) is 73.9 Å². The van der Waals surface area contributed by atoms with Gasteiger partial charge in [0.25, 0.3) is 5.91 Å². The molecule has 0 aliphatic heterocycles. The predicted molar refractivity (Wildman–Crippen MR) is 127 cm³/mol. The minimum Gasteiger partial charge on any atom is -0.494 e. The summed E-state index contributed by atoms with van der Waals surface area (Å²) in [6, 6.07) is 13.1. The summed E-state index contributed by atoms with van der Waals surface area (Å²) in [5.74, 6) is 0.458. The number of carbonyl (C=O) groups is 2. The minimum atomic E-state index is -0.468. The fourth-order valence-corrected chi connectivity index (χ4v) is 4.06. The molecule has 6 nitrogen and oxygen atoms in total. The van der Waals surface area contributed by atoms with Crippen LogP contribution in [0.25, 0.3) is 11.1 Å². The van der Waals surface area contributed by atoms with Crippen LogP contribution in [0.3, 0.4) is 0 Å². The normalized spacial score (nSPS) is 10.5. The van der Waals surface area contributed by atoms with Gasteiger partial charge >= 0.3 is 5.97 Å². The number of anilines is 1. The number of nitrogens with one attached hydrogen (secondary N) is 1. The average molecular weight is 454 g/mol. The molecule has 0 saturated heterocycles. The van der Waals surface area contributed by atoms with Crippen LogP contribution in [0.5, 0.6) is 11.5 Å². The number of rotatable bonds is 9. The summed E-state index contributed by atoms with van der Waals surface area (Å²) in [5.41, 5.74) is 4.28. The molecule has 0 bridgehead atoms. The van der Waals surface area contributed by atoms with Crippen molar-refractivity contribution in [2.75, 3.05) is 25.1 Å². The van der Waals surface area contributed by atoms with Crippen molar-refractivity contribution in [1.29, 1.82) is 0 Å². The smallest absolute Gasteiger partial charge is 0.341 e. The van der Waals surface area contributed by atoms with Crippen LogP contribution in [0.1, 0.15) is 35.3 Å². The van der Waals surface area contributed by atoms with E-state index in [0.29, 0.717) is 22.9 Å². The summed E-state index contributed by atoms with van der Waals surface area (Å²) in [5, 5.41) is 5.10. The van der Waals surface area contributed by atoms with Crippen LogP contribution in [-0.4, -0.2) is 31.7 Å². The SMILES string of the molecule is CCOC(=O)c1c(-c2ccc(C)c(C)c2)csc1NC(=O)COc1ccc(OCC)cc1. The van der Waals surface area contributed by atoms with Gasteiger partial charge in [-0.3, -0.25) is 4.79 Å². The highest BCUT2D eigenvalue weighted by Crippen LogP contribution is 2.37. The van der Waals surface area contributed by atoms with E-state index >= 15 is 0 Å². The van der Waals surface area contributed by atoms with Gasteiger partial charge in [0.2, 0.25) is 0 Å². The summed E-state index contributed by atoms with van der Waals surface area (Å²) in [4.78, 5) is 25.2. The molecule has 0 saturated carbocycles. The van der Waals surface area contributed by atoms with E-state index in [-0.39, 0.29) is 19.1 Å². The monoisotopic (exact) mass is 453 g/mol. The number of benzene rings is 2. The van der Waals surface area contributed by atoms with E-state index in [4.69, 9.17) is 14.2 Å². The molecule has 0 aliphatic carbocycles. The zero-order chi connectivity index (χ0) is 23.1. The molecule has 3 aromatic rings. The number of esters is 1. The lowest BCUT2D eigenvalue weighted by Crippen LogP contribution is -2.21. The van der Waals surface area contributed by atoms with Crippen LogP contribution in [0.2, 0.25) is 0 Å². The fourth-order valence-electron chi connectivity index (χ4n) is 3.09. The van der Waals surface area contributed by atoms with Gasteiger partial charge in [0.05, 0.1) is 13.2 Å². The van der Waals surface area contributed by atoms with Gasteiger partial charge < -0.3 is 19.5 Å². The highest BCUT2D eigenvalue weighted by Gasteiger charge is 2.23. The number of ether oxygens (including phenoxy) is 3. The van der Waals surface area contributed by atoms with E-state index in [1.54, 1.807) is 31.2 Å². The molecule has 1 aromatic heterocycles. The highest BCUT2D eigenvalue weighted by molar-refractivity contribution is 7.15. The second kappa shape index (κ2) is 10.8. The van der Waals surface area contributed by atoms with Crippen molar-refractivity contribution in [3.8, 4) is 22.6 Å². The molecule has 7 heteroatoms. The Bertz CT molecular complexity index is 1090. The van der Waals surface area contributed by atoms with Gasteiger partial charge in [-0.25, -0.2) is 4.79 Å². The maximum atomic E-state index is 12.7. The third-order valence-corrected chi connectivity index (χ3v) is 5.74. The zero-order valence-electron chi connectivity index (χ0n) is 18.7. The lowest BCUT2D eigenvalue weighted by Gasteiger charge is -2.11. The van der Waals surface area contributed by atoms with Crippen molar-refractivity contribution in [1.82, 2.24) is 0 Å². The first-order valence-corrected chi connectivity index (χ1v) is 11.3. The van der Waals surface area contributed by atoms with Crippen molar-refractivity contribution in [2.45, 2.75) is 27.7 Å². The molecule has 3 rings (SSSR count). The largest absolute Gasteiger partial charge is 0.494 e. The molecule has 0 aliphatic rings. The van der Waals surface area contributed by atoms with Gasteiger partial charge in [0, 0.05) is 10.9 Å². The number of amides is 1. The Hall–Kier alpha value is -3.32. The Morgan fingerprint density at radius 1 is 0.906 bits per heavy atom. The summed E-state index contributed by atoms with van der Waals surface area (Å²) in [7, 11) is 0. The molecular weight excluding hydrogens is 426 g/mol.